The molecule has 1 heterocycles. The van der Waals surface area contributed by atoms with Crippen LogP contribution >= 0.6 is 0 Å². The Kier molecular flexibility index (Phi) is 3.67. The number of carboxylic acids is 1. The van der Waals surface area contributed by atoms with E-state index in [-0.39, 0.29) is 22.0 Å². The third-order valence-corrected chi connectivity index (χ3v) is 4.71. The van der Waals surface area contributed by atoms with Gasteiger partial charge in [-0.1, -0.05) is 6.07 Å². The van der Waals surface area contributed by atoms with Gasteiger partial charge in [0, 0.05) is 0 Å². The summed E-state index contributed by atoms with van der Waals surface area (Å²) in [5.74, 6) is -1.40. The number of aryl methyl sites for hydroxylation is 2. The maximum absolute atomic E-state index is 12.2. The lowest BCUT2D eigenvalue weighted by atomic mass is 10.1. The summed E-state index contributed by atoms with van der Waals surface area (Å²) >= 11 is 0. The van der Waals surface area contributed by atoms with Gasteiger partial charge in [0.15, 0.2) is 9.84 Å². The quantitative estimate of drug-likeness (QED) is 0.936. The van der Waals surface area contributed by atoms with Gasteiger partial charge < -0.3 is 9.52 Å². The molecule has 0 spiro atoms. The molecule has 1 N–H and O–H groups in total. The zero-order chi connectivity index (χ0) is 14.9. The van der Waals surface area contributed by atoms with Crippen LogP contribution in [0.1, 0.15) is 27.2 Å². The molecule has 0 unspecified atom stereocenters. The molecule has 0 amide bonds. The zero-order valence-corrected chi connectivity index (χ0v) is 11.9. The van der Waals surface area contributed by atoms with Crippen LogP contribution in [0.2, 0.25) is 0 Å². The minimum atomic E-state index is -3.55. The van der Waals surface area contributed by atoms with E-state index in [0.717, 1.165) is 17.4 Å². The van der Waals surface area contributed by atoms with E-state index in [0.29, 0.717) is 0 Å². The summed E-state index contributed by atoms with van der Waals surface area (Å²) in [6, 6.07) is 6.11. The third kappa shape index (κ3) is 2.91. The van der Waals surface area contributed by atoms with E-state index in [9.17, 15) is 13.2 Å². The summed E-state index contributed by atoms with van der Waals surface area (Å²) in [5.41, 5.74) is 1.84. The molecule has 0 saturated heterocycles. The molecule has 0 fully saturated rings. The highest BCUT2D eigenvalue weighted by Crippen LogP contribution is 2.20. The van der Waals surface area contributed by atoms with E-state index < -0.39 is 15.8 Å². The van der Waals surface area contributed by atoms with Gasteiger partial charge in [0.05, 0.1) is 10.5 Å². The molecule has 106 valence electrons. The maximum Gasteiger partial charge on any atom is 0.338 e. The number of hydrogen-bond acceptors (Lipinski definition) is 4. The molecule has 0 aliphatic heterocycles. The molecule has 5 nitrogen and oxygen atoms in total. The topological polar surface area (TPSA) is 84.6 Å². The van der Waals surface area contributed by atoms with E-state index in [4.69, 9.17) is 9.52 Å². The second-order valence-electron chi connectivity index (χ2n) is 4.61. The average Bonchev–Trinajstić information content (AvgIpc) is 2.80. The van der Waals surface area contributed by atoms with Crippen molar-refractivity contribution in [2.45, 2.75) is 24.5 Å². The van der Waals surface area contributed by atoms with Crippen molar-refractivity contribution in [3.8, 4) is 0 Å². The van der Waals surface area contributed by atoms with Crippen molar-refractivity contribution < 1.29 is 22.7 Å². The van der Waals surface area contributed by atoms with Crippen LogP contribution in [0, 0.1) is 13.8 Å². The predicted molar refractivity (Wildman–Crippen MR) is 72.5 cm³/mol. The van der Waals surface area contributed by atoms with Gasteiger partial charge in [-0.05, 0) is 43.2 Å². The Balaban J connectivity index is 2.30. The molecule has 0 aliphatic carbocycles. The molecular formula is C14H14O5S. The van der Waals surface area contributed by atoms with Crippen LogP contribution in [0.5, 0.6) is 0 Å². The first-order valence-corrected chi connectivity index (χ1v) is 7.55. The molecule has 2 rings (SSSR count). The van der Waals surface area contributed by atoms with E-state index in [1.165, 1.54) is 6.07 Å². The van der Waals surface area contributed by atoms with Crippen LogP contribution in [-0.4, -0.2) is 19.5 Å². The van der Waals surface area contributed by atoms with Crippen molar-refractivity contribution >= 4 is 15.8 Å². The summed E-state index contributed by atoms with van der Waals surface area (Å²) in [6.45, 7) is 3.74. The van der Waals surface area contributed by atoms with E-state index in [2.05, 4.69) is 0 Å². The Labute approximate surface area is 116 Å². The summed E-state index contributed by atoms with van der Waals surface area (Å²) in [6.07, 6.45) is 1.04. The Hall–Kier alpha value is -2.08. The van der Waals surface area contributed by atoms with Gasteiger partial charge in [0.2, 0.25) is 0 Å². The second-order valence-corrected chi connectivity index (χ2v) is 6.60. The number of benzene rings is 1. The first-order chi connectivity index (χ1) is 9.29. The van der Waals surface area contributed by atoms with Gasteiger partial charge >= 0.3 is 5.97 Å². The van der Waals surface area contributed by atoms with E-state index in [1.807, 2.05) is 13.8 Å². The molecule has 1 aromatic carbocycles. The number of aromatic carboxylic acids is 1. The van der Waals surface area contributed by atoms with Crippen LogP contribution < -0.4 is 0 Å². The Bertz CT molecular complexity index is 756. The number of rotatable bonds is 4. The van der Waals surface area contributed by atoms with E-state index >= 15 is 0 Å². The summed E-state index contributed by atoms with van der Waals surface area (Å²) < 4.78 is 29.5. The molecule has 0 aliphatic rings. The molecule has 0 saturated carbocycles. The Morgan fingerprint density at radius 3 is 2.45 bits per heavy atom. The Morgan fingerprint density at radius 1 is 1.20 bits per heavy atom. The minimum Gasteiger partial charge on any atom is -0.478 e. The van der Waals surface area contributed by atoms with Gasteiger partial charge in [-0.25, -0.2) is 13.2 Å². The van der Waals surface area contributed by atoms with Crippen LogP contribution in [0.25, 0.3) is 0 Å². The first-order valence-electron chi connectivity index (χ1n) is 5.90. The third-order valence-electron chi connectivity index (χ3n) is 3.07. The van der Waals surface area contributed by atoms with Crippen molar-refractivity contribution in [3.63, 3.8) is 0 Å². The molecule has 0 atom stereocenters. The predicted octanol–water partition coefficient (Wildman–Crippen LogP) is 2.57. The average molecular weight is 294 g/mol. The lowest BCUT2D eigenvalue weighted by Gasteiger charge is -2.05. The van der Waals surface area contributed by atoms with Crippen molar-refractivity contribution in [3.05, 3.63) is 53.0 Å². The first kappa shape index (κ1) is 14.3. The molecule has 20 heavy (non-hydrogen) atoms. The largest absolute Gasteiger partial charge is 0.478 e. The minimum absolute atomic E-state index is 0.0599. The monoisotopic (exact) mass is 294 g/mol. The smallest absolute Gasteiger partial charge is 0.338 e. The fourth-order valence-corrected chi connectivity index (χ4v) is 3.07. The fraction of sp³-hybridized carbons (Fsp3) is 0.214. The maximum atomic E-state index is 12.2. The van der Waals surface area contributed by atoms with Crippen molar-refractivity contribution in [1.29, 1.82) is 0 Å². The SMILES string of the molecule is Cc1ccc(S(=O)(=O)Cc2cc(C(=O)O)co2)cc1C. The van der Waals surface area contributed by atoms with Crippen LogP contribution in [0.4, 0.5) is 0 Å². The van der Waals surface area contributed by atoms with E-state index in [1.54, 1.807) is 18.2 Å². The summed E-state index contributed by atoms with van der Waals surface area (Å²) in [5, 5.41) is 8.77. The number of sulfone groups is 1. The molecule has 0 radical (unpaired) electrons. The number of carboxylic acid groups (broad SMARTS) is 1. The van der Waals surface area contributed by atoms with Crippen molar-refractivity contribution in [1.82, 2.24) is 0 Å². The van der Waals surface area contributed by atoms with Gasteiger partial charge in [-0.15, -0.1) is 0 Å². The van der Waals surface area contributed by atoms with Crippen molar-refractivity contribution in [2.24, 2.45) is 0 Å². The fourth-order valence-electron chi connectivity index (χ4n) is 1.75. The normalized spacial score (nSPS) is 11.5. The number of hydrogen-bond donors (Lipinski definition) is 1. The van der Waals surface area contributed by atoms with Gasteiger partial charge in [-0.3, -0.25) is 0 Å². The standard InChI is InChI=1S/C14H14O5S/c1-9-3-4-13(5-10(9)2)20(17,18)8-12-6-11(7-19-12)14(15)16/h3-7H,8H2,1-2H3,(H,15,16). The van der Waals surface area contributed by atoms with Crippen LogP contribution in [0.15, 0.2) is 39.8 Å². The van der Waals surface area contributed by atoms with Crippen LogP contribution in [0.3, 0.4) is 0 Å². The molecular weight excluding hydrogens is 280 g/mol. The molecule has 6 heteroatoms. The Morgan fingerprint density at radius 2 is 1.90 bits per heavy atom. The van der Waals surface area contributed by atoms with Crippen molar-refractivity contribution in [2.75, 3.05) is 0 Å². The second kappa shape index (κ2) is 5.13. The summed E-state index contributed by atoms with van der Waals surface area (Å²) in [7, 11) is -3.55. The highest BCUT2D eigenvalue weighted by Gasteiger charge is 2.19. The summed E-state index contributed by atoms with van der Waals surface area (Å²) in [4.78, 5) is 10.9. The number of carbonyl (C=O) groups is 1. The van der Waals surface area contributed by atoms with Gasteiger partial charge in [-0.2, -0.15) is 0 Å². The molecule has 0 bridgehead atoms. The highest BCUT2D eigenvalue weighted by molar-refractivity contribution is 7.90. The van der Waals surface area contributed by atoms with Gasteiger partial charge in [0.25, 0.3) is 0 Å². The van der Waals surface area contributed by atoms with Crippen LogP contribution in [-0.2, 0) is 15.6 Å². The lowest BCUT2D eigenvalue weighted by Crippen LogP contribution is -2.05. The lowest BCUT2D eigenvalue weighted by molar-refractivity contribution is 0.0696. The van der Waals surface area contributed by atoms with Gasteiger partial charge in [0.1, 0.15) is 17.8 Å². The highest BCUT2D eigenvalue weighted by atomic mass is 32.2. The molecule has 1 aromatic heterocycles. The number of furan rings is 1. The molecule has 2 aromatic rings. The zero-order valence-electron chi connectivity index (χ0n) is 11.1.